The Kier molecular flexibility index (Phi) is 6.96. The number of hydrogen-bond donors (Lipinski definition) is 0. The van der Waals surface area contributed by atoms with Gasteiger partial charge in [0, 0.05) is 35.9 Å². The molecule has 1 unspecified atom stereocenters. The summed E-state index contributed by atoms with van der Waals surface area (Å²) in [5.74, 6) is -1.78. The zero-order valence-electron chi connectivity index (χ0n) is 20.7. The van der Waals surface area contributed by atoms with Crippen molar-refractivity contribution in [2.24, 2.45) is 7.05 Å². The molecular formula is C23H19ClF4N6O5S. The Morgan fingerprint density at radius 3 is 2.60 bits per heavy atom. The predicted octanol–water partition coefficient (Wildman–Crippen LogP) is 3.40. The van der Waals surface area contributed by atoms with Crippen LogP contribution in [0.1, 0.15) is 17.2 Å². The van der Waals surface area contributed by atoms with Gasteiger partial charge in [-0.1, -0.05) is 11.6 Å². The highest BCUT2D eigenvalue weighted by molar-refractivity contribution is 7.87. The van der Waals surface area contributed by atoms with Gasteiger partial charge in [-0.05, 0) is 25.1 Å². The van der Waals surface area contributed by atoms with E-state index in [4.69, 9.17) is 16.3 Å². The maximum absolute atomic E-state index is 15.1. The highest BCUT2D eigenvalue weighted by Crippen LogP contribution is 2.33. The molecule has 0 saturated carbocycles. The summed E-state index contributed by atoms with van der Waals surface area (Å²) in [5.41, 5.74) is -7.36. The van der Waals surface area contributed by atoms with Gasteiger partial charge in [0.05, 0.1) is 31.1 Å². The average molecular weight is 603 g/mol. The quantitative estimate of drug-likeness (QED) is 0.192. The second-order valence-corrected chi connectivity index (χ2v) is 10.8. The SMILES string of the molecule is Cc1c(OS(=O)(=O)C(F)(F)F)nc2c(-c3ccc(Cl)cc3F)nc(N3CCOC(c4cnn(C)c4)C3)cn2c1=O. The topological polar surface area (TPSA) is 121 Å². The second-order valence-electron chi connectivity index (χ2n) is 8.85. The number of alkyl halides is 3. The number of anilines is 1. The van der Waals surface area contributed by atoms with Gasteiger partial charge in [-0.15, -0.1) is 0 Å². The van der Waals surface area contributed by atoms with Crippen molar-refractivity contribution in [1.82, 2.24) is 24.1 Å². The molecule has 1 saturated heterocycles. The molecule has 11 nitrogen and oxygen atoms in total. The molecule has 0 spiro atoms. The molecule has 17 heteroatoms. The highest BCUT2D eigenvalue weighted by Gasteiger charge is 2.49. The van der Waals surface area contributed by atoms with Crippen LogP contribution in [0.2, 0.25) is 5.02 Å². The molecule has 1 aliphatic heterocycles. The first-order chi connectivity index (χ1) is 18.7. The zero-order chi connectivity index (χ0) is 29.0. The van der Waals surface area contributed by atoms with Gasteiger partial charge < -0.3 is 13.8 Å². The van der Waals surface area contributed by atoms with E-state index in [0.717, 1.165) is 23.0 Å². The van der Waals surface area contributed by atoms with Crippen LogP contribution in [0, 0.1) is 12.7 Å². The van der Waals surface area contributed by atoms with Gasteiger partial charge in [0.1, 0.15) is 23.4 Å². The Hall–Kier alpha value is -3.76. The summed E-state index contributed by atoms with van der Waals surface area (Å²) in [5, 5.41) is 4.19. The van der Waals surface area contributed by atoms with E-state index in [1.165, 1.54) is 18.3 Å². The molecule has 0 bridgehead atoms. The average Bonchev–Trinajstić information content (AvgIpc) is 3.32. The summed E-state index contributed by atoms with van der Waals surface area (Å²) >= 11 is 5.88. The number of halogens is 5. The van der Waals surface area contributed by atoms with Crippen molar-refractivity contribution < 1.29 is 34.9 Å². The number of aryl methyl sites for hydroxylation is 1. The standard InChI is InChI=1S/C23H19ClF4N6O5S/c1-12-21(39-40(36,37)23(26,27)28)31-20-19(15-4-3-14(24)7-16(15)25)30-18(11-34(20)22(12)35)33-5-6-38-17(10-33)13-8-29-32(2)9-13/h3-4,7-9,11,17H,5-6,10H2,1-2H3. The van der Waals surface area contributed by atoms with Crippen molar-refractivity contribution in [1.29, 1.82) is 0 Å². The molecule has 1 aromatic carbocycles. The number of morpholine rings is 1. The minimum absolute atomic E-state index is 0.0514. The largest absolute Gasteiger partial charge is 0.534 e. The Balaban J connectivity index is 1.69. The molecule has 212 valence electrons. The fraction of sp³-hybridized carbons (Fsp3) is 0.304. The van der Waals surface area contributed by atoms with Crippen LogP contribution in [0.4, 0.5) is 23.4 Å². The molecule has 0 radical (unpaired) electrons. The number of benzene rings is 1. The lowest BCUT2D eigenvalue weighted by Crippen LogP contribution is -2.39. The van der Waals surface area contributed by atoms with Crippen molar-refractivity contribution in [2.45, 2.75) is 18.5 Å². The van der Waals surface area contributed by atoms with Crippen LogP contribution in [-0.4, -0.2) is 57.8 Å². The Labute approximate surface area is 228 Å². The van der Waals surface area contributed by atoms with Gasteiger partial charge in [-0.2, -0.15) is 31.7 Å². The summed E-state index contributed by atoms with van der Waals surface area (Å²) in [4.78, 5) is 23.4. The van der Waals surface area contributed by atoms with Crippen LogP contribution < -0.4 is 14.6 Å². The number of ether oxygens (including phenoxy) is 1. The zero-order valence-corrected chi connectivity index (χ0v) is 22.3. The van der Waals surface area contributed by atoms with Gasteiger partial charge in [-0.25, -0.2) is 9.37 Å². The van der Waals surface area contributed by atoms with Gasteiger partial charge in [0.15, 0.2) is 5.65 Å². The first-order valence-electron chi connectivity index (χ1n) is 11.5. The predicted molar refractivity (Wildman–Crippen MR) is 134 cm³/mol. The molecule has 3 aromatic heterocycles. The Morgan fingerprint density at radius 1 is 1.20 bits per heavy atom. The lowest BCUT2D eigenvalue weighted by atomic mass is 10.1. The lowest BCUT2D eigenvalue weighted by Gasteiger charge is -2.33. The van der Waals surface area contributed by atoms with Gasteiger partial charge in [0.25, 0.3) is 5.56 Å². The van der Waals surface area contributed by atoms with Gasteiger partial charge in [0.2, 0.25) is 5.88 Å². The van der Waals surface area contributed by atoms with E-state index < -0.39 is 50.2 Å². The van der Waals surface area contributed by atoms with Crippen molar-refractivity contribution in [3.8, 4) is 17.1 Å². The monoisotopic (exact) mass is 602 g/mol. The minimum Gasteiger partial charge on any atom is -0.370 e. The number of fused-ring (bicyclic) bond motifs is 1. The lowest BCUT2D eigenvalue weighted by molar-refractivity contribution is -0.0501. The Bertz CT molecular complexity index is 1790. The van der Waals surface area contributed by atoms with Gasteiger partial charge in [-0.3, -0.25) is 13.9 Å². The van der Waals surface area contributed by atoms with Crippen molar-refractivity contribution >= 4 is 33.2 Å². The van der Waals surface area contributed by atoms with Gasteiger partial charge >= 0.3 is 15.6 Å². The maximum Gasteiger partial charge on any atom is 0.534 e. The summed E-state index contributed by atoms with van der Waals surface area (Å²) in [6, 6.07) is 3.57. The van der Waals surface area contributed by atoms with Crippen LogP contribution in [0.5, 0.6) is 5.88 Å². The third-order valence-electron chi connectivity index (χ3n) is 6.12. The fourth-order valence-electron chi connectivity index (χ4n) is 4.11. The molecule has 5 rings (SSSR count). The molecule has 1 fully saturated rings. The van der Waals surface area contributed by atoms with Crippen molar-refractivity contribution in [3.63, 3.8) is 0 Å². The molecule has 1 atom stereocenters. The maximum atomic E-state index is 15.1. The second kappa shape index (κ2) is 10.0. The van der Waals surface area contributed by atoms with Crippen molar-refractivity contribution in [3.05, 3.63) is 69.1 Å². The van der Waals surface area contributed by atoms with E-state index in [0.29, 0.717) is 6.54 Å². The summed E-state index contributed by atoms with van der Waals surface area (Å²) in [6.07, 6.45) is 4.30. The van der Waals surface area contributed by atoms with Crippen LogP contribution in [0.15, 0.2) is 41.6 Å². The molecule has 4 heterocycles. The third-order valence-corrected chi connectivity index (χ3v) is 7.30. The summed E-state index contributed by atoms with van der Waals surface area (Å²) in [7, 11) is -4.41. The fourth-order valence-corrected chi connectivity index (χ4v) is 4.73. The number of hydrogen-bond acceptors (Lipinski definition) is 9. The molecule has 0 amide bonds. The smallest absolute Gasteiger partial charge is 0.370 e. The molecule has 1 aliphatic rings. The highest BCUT2D eigenvalue weighted by atomic mass is 35.5. The van der Waals surface area contributed by atoms with E-state index in [9.17, 15) is 26.4 Å². The van der Waals surface area contributed by atoms with E-state index in [1.807, 2.05) is 0 Å². The van der Waals surface area contributed by atoms with E-state index in [2.05, 4.69) is 19.2 Å². The van der Waals surface area contributed by atoms with Crippen LogP contribution in [0.3, 0.4) is 0 Å². The van der Waals surface area contributed by atoms with E-state index in [1.54, 1.807) is 29.0 Å². The molecule has 4 aromatic rings. The van der Waals surface area contributed by atoms with Crippen LogP contribution in [0.25, 0.3) is 16.9 Å². The number of nitrogens with zero attached hydrogens (tertiary/aromatic N) is 6. The Morgan fingerprint density at radius 2 is 1.95 bits per heavy atom. The molecule has 0 aliphatic carbocycles. The number of aromatic nitrogens is 5. The first kappa shape index (κ1) is 27.8. The summed E-state index contributed by atoms with van der Waals surface area (Å²) < 4.78 is 90.0. The molecule has 0 N–H and O–H groups in total. The van der Waals surface area contributed by atoms with Crippen molar-refractivity contribution in [2.75, 3.05) is 24.6 Å². The number of rotatable bonds is 5. The molecular weight excluding hydrogens is 584 g/mol. The van der Waals surface area contributed by atoms with E-state index in [-0.39, 0.29) is 35.2 Å². The first-order valence-corrected chi connectivity index (χ1v) is 13.3. The normalized spacial score (nSPS) is 16.5. The molecule has 40 heavy (non-hydrogen) atoms. The third kappa shape index (κ3) is 5.09. The van der Waals surface area contributed by atoms with Crippen LogP contribution >= 0.6 is 11.6 Å². The summed E-state index contributed by atoms with van der Waals surface area (Å²) in [6.45, 7) is 1.94. The minimum atomic E-state index is -6.16. The van der Waals surface area contributed by atoms with E-state index >= 15 is 4.39 Å². The van der Waals surface area contributed by atoms with Crippen LogP contribution in [-0.2, 0) is 21.9 Å².